The number of imide groups is 1. The zero-order valence-electron chi connectivity index (χ0n) is 34.2. The molecule has 1 saturated heterocycles. The average Bonchev–Trinajstić information content (AvgIpc) is 3.56. The van der Waals surface area contributed by atoms with Crippen molar-refractivity contribution in [2.75, 3.05) is 71.6 Å². The van der Waals surface area contributed by atoms with E-state index >= 15 is 0 Å². The minimum Gasteiger partial charge on any atom is -0.481 e. The number of methoxy groups -OCH3 is 1. The van der Waals surface area contributed by atoms with E-state index in [-0.39, 0.29) is 108 Å². The van der Waals surface area contributed by atoms with Gasteiger partial charge in [-0.3, -0.25) is 43.4 Å². The lowest BCUT2D eigenvalue weighted by Crippen LogP contribution is -2.47. The van der Waals surface area contributed by atoms with E-state index in [1.165, 1.54) is 25.5 Å². The van der Waals surface area contributed by atoms with Gasteiger partial charge in [0.25, 0.3) is 0 Å². The molecule has 0 radical (unpaired) electrons. The number of carboxylic acids is 1. The standard InChI is InChI=1S/C36H55N11O14S/c1-58-13-10-42-62-46-36(57)61-22-26(16-33(53)54)40-17-27(45-38)21-60-20-24-15-25(5-4-23(24)19-48)43-34(55)28(3-2-9-39-35(37)56)44-30(50)18-41-29(49)8-12-59-14-11-47-31(51)6-7-32(47)52/h4-5,15,17,26,28,42,48H,2-3,6-14,16,18-22,38H2,1H3,(H,41,49)(H,43,55)(H,44,50)(H,46,57)(H,53,54)(H3,37,39,56)/b40-17?,45-27+. The molecule has 1 aliphatic heterocycles. The van der Waals surface area contributed by atoms with Gasteiger partial charge in [-0.25, -0.2) is 14.3 Å². The minimum absolute atomic E-state index is 0.0259. The molecular formula is C36H55N11O14S. The number of aliphatic hydroxyl groups is 1. The fraction of sp³-hybridized carbons (Fsp3) is 0.556. The number of aliphatic carboxylic acids is 1. The van der Waals surface area contributed by atoms with Crippen molar-refractivity contribution in [3.63, 3.8) is 0 Å². The molecule has 1 aromatic carbocycles. The first-order chi connectivity index (χ1) is 29.8. The van der Waals surface area contributed by atoms with Crippen LogP contribution in [0.1, 0.15) is 49.7 Å². The summed E-state index contributed by atoms with van der Waals surface area (Å²) in [5, 5.41) is 32.9. The molecule has 1 heterocycles. The number of nitrogens with two attached hydrogens (primary N) is 2. The number of carbonyl (C=O) groups is 8. The van der Waals surface area contributed by atoms with Gasteiger partial charge in [-0.15, -0.1) is 0 Å². The molecule has 1 aliphatic rings. The zero-order chi connectivity index (χ0) is 45.7. The summed E-state index contributed by atoms with van der Waals surface area (Å²) in [6.07, 6.45) is 0.395. The Balaban J connectivity index is 1.95. The molecule has 1 aromatic rings. The van der Waals surface area contributed by atoms with E-state index in [2.05, 4.69) is 40.8 Å². The van der Waals surface area contributed by atoms with Crippen molar-refractivity contribution < 1.29 is 67.5 Å². The van der Waals surface area contributed by atoms with E-state index in [1.807, 2.05) is 0 Å². The third kappa shape index (κ3) is 22.1. The molecule has 0 saturated carbocycles. The summed E-state index contributed by atoms with van der Waals surface area (Å²) < 4.78 is 26.2. The van der Waals surface area contributed by atoms with Crippen LogP contribution < -0.4 is 42.3 Å². The van der Waals surface area contributed by atoms with Gasteiger partial charge in [-0.05, 0) is 36.1 Å². The van der Waals surface area contributed by atoms with Crippen LogP contribution in [-0.4, -0.2) is 153 Å². The largest absolute Gasteiger partial charge is 0.481 e. The van der Waals surface area contributed by atoms with Crippen molar-refractivity contribution in [3.8, 4) is 0 Å². The Morgan fingerprint density at radius 3 is 2.44 bits per heavy atom. The molecule has 0 spiro atoms. The van der Waals surface area contributed by atoms with Crippen molar-refractivity contribution in [1.82, 2.24) is 30.3 Å². The number of aliphatic hydroxyl groups excluding tert-OH is 1. The van der Waals surface area contributed by atoms with Crippen LogP contribution in [0.25, 0.3) is 0 Å². The van der Waals surface area contributed by atoms with E-state index < -0.39 is 60.9 Å². The minimum atomic E-state index is -1.19. The number of likely N-dealkylation sites (tertiary alicyclic amines) is 1. The molecule has 62 heavy (non-hydrogen) atoms. The number of hydrogen-bond acceptors (Lipinski definition) is 18. The lowest BCUT2D eigenvalue weighted by Gasteiger charge is -2.19. The number of nitrogens with zero attached hydrogens (tertiary/aromatic N) is 3. The van der Waals surface area contributed by atoms with Crippen LogP contribution in [-0.2, 0) is 60.9 Å². The van der Waals surface area contributed by atoms with Crippen LogP contribution in [0.3, 0.4) is 0 Å². The number of primary amides is 1. The number of hydrazone groups is 1. The summed E-state index contributed by atoms with van der Waals surface area (Å²) >= 11 is 0.862. The van der Waals surface area contributed by atoms with Gasteiger partial charge in [-0.2, -0.15) is 5.10 Å². The Morgan fingerprint density at radius 1 is 1.00 bits per heavy atom. The number of amides is 8. The predicted molar refractivity (Wildman–Crippen MR) is 222 cm³/mol. The summed E-state index contributed by atoms with van der Waals surface area (Å²) in [5.41, 5.74) is 6.39. The molecule has 0 aliphatic carbocycles. The molecule has 2 unspecified atom stereocenters. The number of hydrogen-bond donors (Lipinski definition) is 10. The molecule has 1 fully saturated rings. The smallest absolute Gasteiger partial charge is 0.418 e. The third-order valence-electron chi connectivity index (χ3n) is 8.34. The van der Waals surface area contributed by atoms with Gasteiger partial charge in [0.05, 0.1) is 65.2 Å². The van der Waals surface area contributed by atoms with Crippen molar-refractivity contribution in [2.24, 2.45) is 21.7 Å². The molecule has 344 valence electrons. The average molecular weight is 898 g/mol. The molecule has 0 bridgehead atoms. The number of aliphatic imine (C=N–C) groups is 1. The van der Waals surface area contributed by atoms with Gasteiger partial charge in [0.1, 0.15) is 18.4 Å². The van der Waals surface area contributed by atoms with Crippen molar-refractivity contribution in [3.05, 3.63) is 29.3 Å². The fourth-order valence-electron chi connectivity index (χ4n) is 5.21. The first-order valence-corrected chi connectivity index (χ1v) is 20.0. The van der Waals surface area contributed by atoms with Crippen LogP contribution in [0.4, 0.5) is 15.3 Å². The van der Waals surface area contributed by atoms with Crippen LogP contribution in [0.5, 0.6) is 0 Å². The third-order valence-corrected chi connectivity index (χ3v) is 8.96. The second-order valence-corrected chi connectivity index (χ2v) is 13.8. The second kappa shape index (κ2) is 30.2. The number of rotatable bonds is 31. The molecule has 12 N–H and O–H groups in total. The second-order valence-electron chi connectivity index (χ2n) is 13.1. The topological polar surface area (TPSA) is 366 Å². The van der Waals surface area contributed by atoms with Gasteiger partial charge in [-0.1, -0.05) is 6.07 Å². The molecule has 26 heteroatoms. The summed E-state index contributed by atoms with van der Waals surface area (Å²) in [7, 11) is 1.52. The van der Waals surface area contributed by atoms with Gasteiger partial charge >= 0.3 is 18.1 Å². The van der Waals surface area contributed by atoms with Crippen LogP contribution >= 0.6 is 12.1 Å². The van der Waals surface area contributed by atoms with E-state index in [4.69, 9.17) is 30.5 Å². The van der Waals surface area contributed by atoms with Gasteiger partial charge in [0.2, 0.25) is 29.5 Å². The summed E-state index contributed by atoms with van der Waals surface area (Å²) in [6, 6.07) is 1.71. The van der Waals surface area contributed by atoms with Crippen molar-refractivity contribution >= 4 is 77.4 Å². The van der Waals surface area contributed by atoms with E-state index in [1.54, 1.807) is 6.07 Å². The molecule has 2 atom stereocenters. The SMILES string of the molecule is COCCNSNC(=O)OCC(CC(=O)O)N=C/C(COCc1cc(NC(=O)C(CCCNC(N)=O)NC(=O)CNC(=O)CCOCCN2C(=O)CCC2=O)ccc1CO)=N\N. The predicted octanol–water partition coefficient (Wildman–Crippen LogP) is -2.01. The maximum absolute atomic E-state index is 13.4. The highest BCUT2D eigenvalue weighted by Gasteiger charge is 2.28. The number of ether oxygens (including phenoxy) is 4. The maximum atomic E-state index is 13.4. The Kier molecular flexibility index (Phi) is 25.4. The first-order valence-electron chi connectivity index (χ1n) is 19.2. The molecule has 2 rings (SSSR count). The highest BCUT2D eigenvalue weighted by atomic mass is 32.2. The zero-order valence-corrected chi connectivity index (χ0v) is 35.0. The number of benzene rings is 1. The molecular weight excluding hydrogens is 843 g/mol. The molecule has 25 nitrogen and oxygen atoms in total. The first kappa shape index (κ1) is 52.2. The van der Waals surface area contributed by atoms with Gasteiger partial charge in [0, 0.05) is 63.5 Å². The molecule has 0 aromatic heterocycles. The van der Waals surface area contributed by atoms with Crippen LogP contribution in [0.2, 0.25) is 0 Å². The van der Waals surface area contributed by atoms with E-state index in [0.29, 0.717) is 24.3 Å². The van der Waals surface area contributed by atoms with Crippen molar-refractivity contribution in [1.29, 1.82) is 0 Å². The quantitative estimate of drug-likeness (QED) is 0.00961. The Hall–Kier alpha value is -5.93. The summed E-state index contributed by atoms with van der Waals surface area (Å²) in [6.45, 7) is -0.485. The van der Waals surface area contributed by atoms with Gasteiger partial charge in [0.15, 0.2) is 0 Å². The van der Waals surface area contributed by atoms with Crippen LogP contribution in [0, 0.1) is 0 Å². The fourth-order valence-corrected chi connectivity index (χ4v) is 5.61. The highest BCUT2D eigenvalue weighted by molar-refractivity contribution is 7.96. The lowest BCUT2D eigenvalue weighted by atomic mass is 10.1. The lowest BCUT2D eigenvalue weighted by molar-refractivity contribution is -0.140. The summed E-state index contributed by atoms with van der Waals surface area (Å²) in [5.74, 6) is 1.90. The Labute approximate surface area is 361 Å². The monoisotopic (exact) mass is 897 g/mol. The molecule has 8 amide bonds. The summed E-state index contributed by atoms with van der Waals surface area (Å²) in [4.78, 5) is 102. The Morgan fingerprint density at radius 2 is 1.76 bits per heavy atom. The van der Waals surface area contributed by atoms with Crippen molar-refractivity contribution in [2.45, 2.75) is 63.8 Å². The normalized spacial score (nSPS) is 13.7. The Bertz CT molecular complexity index is 1720. The number of carbonyl (C=O) groups excluding carboxylic acids is 7. The number of nitrogens with one attached hydrogen (secondary N) is 6. The number of anilines is 1. The number of urea groups is 1. The number of carboxylic acid groups (broad SMARTS) is 1. The highest BCUT2D eigenvalue weighted by Crippen LogP contribution is 2.18. The van der Waals surface area contributed by atoms with Gasteiger partial charge < -0.3 is 62.0 Å². The maximum Gasteiger partial charge on any atom is 0.418 e. The van der Waals surface area contributed by atoms with E-state index in [0.717, 1.165) is 17.0 Å². The van der Waals surface area contributed by atoms with Crippen LogP contribution in [0.15, 0.2) is 28.3 Å². The van der Waals surface area contributed by atoms with E-state index in [9.17, 15) is 48.6 Å².